The summed E-state index contributed by atoms with van der Waals surface area (Å²) in [7, 11) is -3.79. The first-order valence-corrected chi connectivity index (χ1v) is 8.78. The molecule has 0 radical (unpaired) electrons. The van der Waals surface area contributed by atoms with Crippen LogP contribution in [0.4, 0.5) is 5.95 Å². The molecular formula is C17H19N3O3S. The van der Waals surface area contributed by atoms with Gasteiger partial charge in [-0.15, -0.1) is 0 Å². The molecule has 0 bridgehead atoms. The van der Waals surface area contributed by atoms with Gasteiger partial charge in [0, 0.05) is 17.8 Å². The second-order valence-electron chi connectivity index (χ2n) is 5.60. The van der Waals surface area contributed by atoms with Gasteiger partial charge >= 0.3 is 0 Å². The van der Waals surface area contributed by atoms with Gasteiger partial charge in [0.2, 0.25) is 5.95 Å². The zero-order valence-electron chi connectivity index (χ0n) is 13.8. The minimum absolute atomic E-state index is 0.0361. The average Bonchev–Trinajstić information content (AvgIpc) is 2.46. The summed E-state index contributed by atoms with van der Waals surface area (Å²) in [4.78, 5) is 19.9. The molecular weight excluding hydrogens is 326 g/mol. The van der Waals surface area contributed by atoms with E-state index in [1.165, 1.54) is 12.1 Å². The van der Waals surface area contributed by atoms with Gasteiger partial charge in [-0.3, -0.25) is 4.79 Å². The molecule has 1 N–H and O–H groups in total. The molecule has 126 valence electrons. The maximum atomic E-state index is 12.4. The maximum Gasteiger partial charge on any atom is 0.264 e. The maximum absolute atomic E-state index is 12.4. The van der Waals surface area contributed by atoms with E-state index < -0.39 is 10.0 Å². The van der Waals surface area contributed by atoms with Gasteiger partial charge in [0.15, 0.2) is 5.78 Å². The molecule has 7 heteroatoms. The van der Waals surface area contributed by atoms with Crippen molar-refractivity contribution >= 4 is 21.8 Å². The highest BCUT2D eigenvalue weighted by Gasteiger charge is 2.16. The zero-order chi connectivity index (χ0) is 17.9. The van der Waals surface area contributed by atoms with Gasteiger partial charge < -0.3 is 0 Å². The number of aryl methyl sites for hydroxylation is 2. The molecule has 24 heavy (non-hydrogen) atoms. The fraction of sp³-hybridized carbons (Fsp3) is 0.235. The number of Topliss-reactive ketones (excluding diaryl/α,β-unsaturated/α-hetero) is 1. The van der Waals surface area contributed by atoms with E-state index in [4.69, 9.17) is 0 Å². The van der Waals surface area contributed by atoms with Crippen molar-refractivity contribution < 1.29 is 13.2 Å². The second kappa shape index (κ2) is 6.92. The summed E-state index contributed by atoms with van der Waals surface area (Å²) in [6, 6.07) is 7.87. The lowest BCUT2D eigenvalue weighted by atomic mass is 10.1. The lowest BCUT2D eigenvalue weighted by Gasteiger charge is -2.08. The minimum atomic E-state index is -3.79. The Balaban J connectivity index is 2.20. The number of allylic oxidation sites excluding steroid dienone is 1. The van der Waals surface area contributed by atoms with E-state index in [0.29, 0.717) is 17.0 Å². The predicted molar refractivity (Wildman–Crippen MR) is 92.3 cm³/mol. The highest BCUT2D eigenvalue weighted by Crippen LogP contribution is 2.15. The van der Waals surface area contributed by atoms with Crippen LogP contribution in [0.15, 0.2) is 47.4 Å². The van der Waals surface area contributed by atoms with E-state index in [1.54, 1.807) is 39.0 Å². The highest BCUT2D eigenvalue weighted by atomic mass is 32.2. The third kappa shape index (κ3) is 4.48. The van der Waals surface area contributed by atoms with E-state index in [-0.39, 0.29) is 23.0 Å². The number of hydrogen-bond donors (Lipinski definition) is 1. The van der Waals surface area contributed by atoms with E-state index in [1.807, 2.05) is 0 Å². The monoisotopic (exact) mass is 345 g/mol. The van der Waals surface area contributed by atoms with Crippen LogP contribution in [0.2, 0.25) is 0 Å². The molecule has 0 saturated carbocycles. The SMILES string of the molecule is C=C(C)C(=O)Cc1ccc(S(=O)(=O)Nc2nc(C)cc(C)n2)cc1. The van der Waals surface area contributed by atoms with Crippen LogP contribution in [0, 0.1) is 13.8 Å². The van der Waals surface area contributed by atoms with Gasteiger partial charge in [-0.1, -0.05) is 18.7 Å². The van der Waals surface area contributed by atoms with E-state index in [9.17, 15) is 13.2 Å². The van der Waals surface area contributed by atoms with Crippen molar-refractivity contribution in [2.45, 2.75) is 32.1 Å². The number of anilines is 1. The first-order valence-electron chi connectivity index (χ1n) is 7.30. The molecule has 0 saturated heterocycles. The lowest BCUT2D eigenvalue weighted by molar-refractivity contribution is -0.114. The van der Waals surface area contributed by atoms with Crippen LogP contribution in [0.25, 0.3) is 0 Å². The number of nitrogens with one attached hydrogen (secondary N) is 1. The van der Waals surface area contributed by atoms with Gasteiger partial charge in [-0.25, -0.2) is 23.1 Å². The van der Waals surface area contributed by atoms with Crippen molar-refractivity contribution in [2.24, 2.45) is 0 Å². The Morgan fingerprint density at radius 2 is 1.67 bits per heavy atom. The number of benzene rings is 1. The quantitative estimate of drug-likeness (QED) is 0.813. The van der Waals surface area contributed by atoms with E-state index in [0.717, 1.165) is 5.56 Å². The number of aromatic nitrogens is 2. The Kier molecular flexibility index (Phi) is 5.14. The summed E-state index contributed by atoms with van der Waals surface area (Å²) in [5.74, 6) is -0.0404. The molecule has 0 aliphatic rings. The molecule has 1 aromatic carbocycles. The number of carbonyl (C=O) groups is 1. The van der Waals surface area contributed by atoms with Crippen LogP contribution in [-0.4, -0.2) is 24.2 Å². The molecule has 2 rings (SSSR count). The largest absolute Gasteiger partial charge is 0.294 e. The summed E-state index contributed by atoms with van der Waals surface area (Å²) in [5.41, 5.74) is 2.55. The first-order chi connectivity index (χ1) is 11.2. The molecule has 6 nitrogen and oxygen atoms in total. The van der Waals surface area contributed by atoms with Gasteiger partial charge in [0.1, 0.15) is 0 Å². The van der Waals surface area contributed by atoms with Crippen LogP contribution in [0.1, 0.15) is 23.9 Å². The van der Waals surface area contributed by atoms with Crippen LogP contribution < -0.4 is 4.72 Å². The Morgan fingerprint density at radius 1 is 1.12 bits per heavy atom. The van der Waals surface area contributed by atoms with Crippen LogP contribution in [0.3, 0.4) is 0 Å². The normalized spacial score (nSPS) is 11.1. The molecule has 0 amide bonds. The van der Waals surface area contributed by atoms with Crippen molar-refractivity contribution in [1.82, 2.24) is 9.97 Å². The number of rotatable bonds is 6. The standard InChI is InChI=1S/C17H19N3O3S/c1-11(2)16(21)10-14-5-7-15(8-6-14)24(22,23)20-17-18-12(3)9-13(4)19-17/h5-9H,1,10H2,2-4H3,(H,18,19,20). The number of hydrogen-bond acceptors (Lipinski definition) is 5. The second-order valence-corrected chi connectivity index (χ2v) is 7.29. The van der Waals surface area contributed by atoms with Crippen molar-refractivity contribution in [3.8, 4) is 0 Å². The van der Waals surface area contributed by atoms with Gasteiger partial charge in [0.05, 0.1) is 4.90 Å². The topological polar surface area (TPSA) is 89.0 Å². The van der Waals surface area contributed by atoms with Gasteiger partial charge in [0.25, 0.3) is 10.0 Å². The molecule has 1 heterocycles. The highest BCUT2D eigenvalue weighted by molar-refractivity contribution is 7.92. The Bertz CT molecular complexity index is 868. The number of ketones is 1. The third-order valence-corrected chi connectivity index (χ3v) is 4.63. The first kappa shape index (κ1) is 17.8. The minimum Gasteiger partial charge on any atom is -0.294 e. The summed E-state index contributed by atoms with van der Waals surface area (Å²) >= 11 is 0. The zero-order valence-corrected chi connectivity index (χ0v) is 14.6. The summed E-state index contributed by atoms with van der Waals surface area (Å²) in [6.07, 6.45) is 0.198. The van der Waals surface area contributed by atoms with Crippen LogP contribution >= 0.6 is 0 Å². The molecule has 1 aromatic heterocycles. The molecule has 0 unspecified atom stereocenters. The summed E-state index contributed by atoms with van der Waals surface area (Å²) in [5, 5.41) is 0. The Morgan fingerprint density at radius 3 is 2.17 bits per heavy atom. The van der Waals surface area contributed by atoms with Crippen molar-refractivity contribution in [3.63, 3.8) is 0 Å². The van der Waals surface area contributed by atoms with Gasteiger partial charge in [-0.05, 0) is 50.1 Å². The predicted octanol–water partition coefficient (Wildman–Crippen LogP) is 2.58. The van der Waals surface area contributed by atoms with Gasteiger partial charge in [-0.2, -0.15) is 0 Å². The fourth-order valence-corrected chi connectivity index (χ4v) is 3.02. The van der Waals surface area contributed by atoms with Crippen molar-refractivity contribution in [3.05, 3.63) is 59.4 Å². The van der Waals surface area contributed by atoms with E-state index >= 15 is 0 Å². The molecule has 0 fully saturated rings. The van der Waals surface area contributed by atoms with Crippen molar-refractivity contribution in [2.75, 3.05) is 4.72 Å². The number of nitrogens with zero attached hydrogens (tertiary/aromatic N) is 2. The number of sulfonamides is 1. The van der Waals surface area contributed by atoms with E-state index in [2.05, 4.69) is 21.3 Å². The number of carbonyl (C=O) groups excluding carboxylic acids is 1. The molecule has 0 atom stereocenters. The smallest absolute Gasteiger partial charge is 0.264 e. The summed E-state index contributed by atoms with van der Waals surface area (Å²) < 4.78 is 27.2. The third-order valence-electron chi connectivity index (χ3n) is 3.28. The lowest BCUT2D eigenvalue weighted by Crippen LogP contribution is -2.16. The molecule has 0 aliphatic heterocycles. The van der Waals surface area contributed by atoms with Crippen LogP contribution in [0.5, 0.6) is 0 Å². The summed E-state index contributed by atoms with van der Waals surface area (Å²) in [6.45, 7) is 8.77. The molecule has 0 spiro atoms. The van der Waals surface area contributed by atoms with Crippen molar-refractivity contribution in [1.29, 1.82) is 0 Å². The molecule has 2 aromatic rings. The Labute approximate surface area is 141 Å². The van der Waals surface area contributed by atoms with Crippen LogP contribution in [-0.2, 0) is 21.2 Å². The average molecular weight is 345 g/mol. The molecule has 0 aliphatic carbocycles. The Hall–Kier alpha value is -2.54. The fourth-order valence-electron chi connectivity index (χ4n) is 2.07.